The smallest absolute Gasteiger partial charge is 0.302 e. The molecule has 4 atom stereocenters. The summed E-state index contributed by atoms with van der Waals surface area (Å²) in [5.74, 6) is -1.12. The third-order valence-corrected chi connectivity index (χ3v) is 5.09. The van der Waals surface area contributed by atoms with E-state index in [4.69, 9.17) is 9.47 Å². The molecule has 1 aromatic rings. The second kappa shape index (κ2) is 8.34. The minimum Gasteiger partial charge on any atom is -0.465 e. The normalized spacial score (nSPS) is 28.1. The highest BCUT2D eigenvalue weighted by Gasteiger charge is 2.49. The zero-order valence-electron chi connectivity index (χ0n) is 15.8. The standard InChI is InChI=1S/C20H27NO5/c1-13(22)21-20(4)17(12-25-14(2)23)10-18(26-15(3)24)11-19(20)16-8-6-5-7-9-16/h5-9,17-19H,10-12H2,1-4H3,(H,21,22)/t17-,18+,19+,20+/m0/s1. The van der Waals surface area contributed by atoms with E-state index < -0.39 is 5.54 Å². The molecule has 1 aliphatic carbocycles. The van der Waals surface area contributed by atoms with Crippen molar-refractivity contribution in [1.29, 1.82) is 0 Å². The molecule has 0 aliphatic heterocycles. The number of amides is 1. The fraction of sp³-hybridized carbons (Fsp3) is 0.550. The summed E-state index contributed by atoms with van der Waals surface area (Å²) in [6, 6.07) is 9.83. The summed E-state index contributed by atoms with van der Waals surface area (Å²) in [6.45, 7) is 6.36. The maximum absolute atomic E-state index is 11.9. The third kappa shape index (κ3) is 4.84. The Morgan fingerprint density at radius 3 is 2.27 bits per heavy atom. The van der Waals surface area contributed by atoms with Gasteiger partial charge in [0.15, 0.2) is 0 Å². The van der Waals surface area contributed by atoms with E-state index in [9.17, 15) is 14.4 Å². The lowest BCUT2D eigenvalue weighted by Crippen LogP contribution is -2.60. The summed E-state index contributed by atoms with van der Waals surface area (Å²) in [7, 11) is 0. The van der Waals surface area contributed by atoms with Crippen LogP contribution < -0.4 is 5.32 Å². The number of hydrogen-bond donors (Lipinski definition) is 1. The van der Waals surface area contributed by atoms with Crippen molar-refractivity contribution in [3.05, 3.63) is 35.9 Å². The van der Waals surface area contributed by atoms with Crippen molar-refractivity contribution < 1.29 is 23.9 Å². The molecular weight excluding hydrogens is 334 g/mol. The molecule has 0 radical (unpaired) electrons. The Bertz CT molecular complexity index is 659. The SMILES string of the molecule is CC(=O)N[C@]1(C)[C@H](COC(C)=O)C[C@@H](OC(C)=O)C[C@@H]1c1ccccc1. The number of carbonyl (C=O) groups excluding carboxylic acids is 3. The van der Waals surface area contributed by atoms with Crippen molar-refractivity contribution in [3.63, 3.8) is 0 Å². The fourth-order valence-electron chi connectivity index (χ4n) is 3.98. The number of esters is 2. The van der Waals surface area contributed by atoms with Gasteiger partial charge in [-0.3, -0.25) is 14.4 Å². The average Bonchev–Trinajstić information content (AvgIpc) is 2.54. The van der Waals surface area contributed by atoms with Crippen LogP contribution in [0.25, 0.3) is 0 Å². The van der Waals surface area contributed by atoms with E-state index in [0.717, 1.165) is 5.56 Å². The van der Waals surface area contributed by atoms with Gasteiger partial charge in [0, 0.05) is 32.6 Å². The quantitative estimate of drug-likeness (QED) is 0.815. The van der Waals surface area contributed by atoms with Crippen molar-refractivity contribution in [2.75, 3.05) is 6.61 Å². The Morgan fingerprint density at radius 2 is 1.73 bits per heavy atom. The number of hydrogen-bond acceptors (Lipinski definition) is 5. The zero-order chi connectivity index (χ0) is 19.3. The molecule has 0 saturated heterocycles. The van der Waals surface area contributed by atoms with Crippen LogP contribution >= 0.6 is 0 Å². The maximum Gasteiger partial charge on any atom is 0.302 e. The van der Waals surface area contributed by atoms with Gasteiger partial charge in [0.05, 0.1) is 12.1 Å². The molecule has 0 unspecified atom stereocenters. The summed E-state index contributed by atoms with van der Waals surface area (Å²) in [6.07, 6.45) is 0.823. The number of rotatable bonds is 5. The molecule has 6 nitrogen and oxygen atoms in total. The lowest BCUT2D eigenvalue weighted by atomic mass is 9.63. The molecule has 0 bridgehead atoms. The summed E-state index contributed by atoms with van der Waals surface area (Å²) >= 11 is 0. The predicted octanol–water partition coefficient (Wildman–Crippen LogP) is 2.57. The molecule has 0 heterocycles. The van der Waals surface area contributed by atoms with E-state index in [1.54, 1.807) is 0 Å². The average molecular weight is 361 g/mol. The van der Waals surface area contributed by atoms with E-state index in [0.29, 0.717) is 12.8 Å². The molecular formula is C20H27NO5. The highest BCUT2D eigenvalue weighted by Crippen LogP contribution is 2.45. The van der Waals surface area contributed by atoms with Crippen molar-refractivity contribution in [1.82, 2.24) is 5.32 Å². The molecule has 1 amide bonds. The van der Waals surface area contributed by atoms with Crippen LogP contribution in [0.5, 0.6) is 0 Å². The molecule has 1 aliphatic rings. The Hall–Kier alpha value is -2.37. The largest absolute Gasteiger partial charge is 0.465 e. The van der Waals surface area contributed by atoms with Crippen LogP contribution in [-0.2, 0) is 23.9 Å². The Labute approximate surface area is 154 Å². The van der Waals surface area contributed by atoms with Crippen LogP contribution in [0.3, 0.4) is 0 Å². The third-order valence-electron chi connectivity index (χ3n) is 5.09. The lowest BCUT2D eigenvalue weighted by Gasteiger charge is -2.49. The van der Waals surface area contributed by atoms with Crippen LogP contribution in [0, 0.1) is 5.92 Å². The molecule has 0 aromatic heterocycles. The molecule has 1 aromatic carbocycles. The van der Waals surface area contributed by atoms with Crippen molar-refractivity contribution >= 4 is 17.8 Å². The second-order valence-electron chi connectivity index (χ2n) is 7.13. The van der Waals surface area contributed by atoms with E-state index in [2.05, 4.69) is 5.32 Å². The van der Waals surface area contributed by atoms with Crippen molar-refractivity contribution in [2.45, 2.75) is 58.1 Å². The monoisotopic (exact) mass is 361 g/mol. The molecule has 0 spiro atoms. The number of benzene rings is 1. The van der Waals surface area contributed by atoms with Gasteiger partial charge in [-0.15, -0.1) is 0 Å². The molecule has 142 valence electrons. The van der Waals surface area contributed by atoms with Gasteiger partial charge < -0.3 is 14.8 Å². The Morgan fingerprint density at radius 1 is 1.08 bits per heavy atom. The number of carbonyl (C=O) groups is 3. The summed E-state index contributed by atoms with van der Waals surface area (Å²) in [4.78, 5) is 34.8. The van der Waals surface area contributed by atoms with Gasteiger partial charge in [-0.25, -0.2) is 0 Å². The first-order chi connectivity index (χ1) is 12.2. The molecule has 2 rings (SSSR count). The molecule has 26 heavy (non-hydrogen) atoms. The summed E-state index contributed by atoms with van der Waals surface area (Å²) in [5.41, 5.74) is 0.424. The van der Waals surface area contributed by atoms with Gasteiger partial charge in [-0.05, 0) is 25.3 Å². The molecule has 1 N–H and O–H groups in total. The number of nitrogens with one attached hydrogen (secondary N) is 1. The predicted molar refractivity (Wildman–Crippen MR) is 96.3 cm³/mol. The Kier molecular flexibility index (Phi) is 6.40. The minimum absolute atomic E-state index is 0.0775. The van der Waals surface area contributed by atoms with Crippen LogP contribution in [0.1, 0.15) is 52.0 Å². The van der Waals surface area contributed by atoms with E-state index in [-0.39, 0.29) is 42.4 Å². The second-order valence-corrected chi connectivity index (χ2v) is 7.13. The fourth-order valence-corrected chi connectivity index (χ4v) is 3.98. The summed E-state index contributed by atoms with van der Waals surface area (Å²) in [5, 5.41) is 3.08. The van der Waals surface area contributed by atoms with Crippen molar-refractivity contribution in [3.8, 4) is 0 Å². The first-order valence-electron chi connectivity index (χ1n) is 8.86. The van der Waals surface area contributed by atoms with Gasteiger partial charge in [0.25, 0.3) is 0 Å². The van der Waals surface area contributed by atoms with Crippen LogP contribution in [0.2, 0.25) is 0 Å². The molecule has 1 fully saturated rings. The van der Waals surface area contributed by atoms with Crippen molar-refractivity contribution in [2.24, 2.45) is 5.92 Å². The van der Waals surface area contributed by atoms with Gasteiger partial charge in [0.2, 0.25) is 5.91 Å². The van der Waals surface area contributed by atoms with E-state index >= 15 is 0 Å². The molecule has 6 heteroatoms. The highest BCUT2D eigenvalue weighted by molar-refractivity contribution is 5.74. The summed E-state index contributed by atoms with van der Waals surface area (Å²) < 4.78 is 10.8. The lowest BCUT2D eigenvalue weighted by molar-refractivity contribution is -0.155. The number of ether oxygens (including phenoxy) is 2. The van der Waals surface area contributed by atoms with E-state index in [1.807, 2.05) is 37.3 Å². The highest BCUT2D eigenvalue weighted by atomic mass is 16.5. The van der Waals surface area contributed by atoms with Gasteiger partial charge in [0.1, 0.15) is 6.10 Å². The maximum atomic E-state index is 11.9. The zero-order valence-corrected chi connectivity index (χ0v) is 15.8. The van der Waals surface area contributed by atoms with Gasteiger partial charge >= 0.3 is 11.9 Å². The van der Waals surface area contributed by atoms with Crippen LogP contribution in [0.4, 0.5) is 0 Å². The van der Waals surface area contributed by atoms with Gasteiger partial charge in [-0.1, -0.05) is 30.3 Å². The molecule has 1 saturated carbocycles. The van der Waals surface area contributed by atoms with Crippen LogP contribution in [0.15, 0.2) is 30.3 Å². The van der Waals surface area contributed by atoms with Gasteiger partial charge in [-0.2, -0.15) is 0 Å². The van der Waals surface area contributed by atoms with E-state index in [1.165, 1.54) is 20.8 Å². The first kappa shape index (κ1) is 19.9. The Balaban J connectivity index is 2.41. The van der Waals surface area contributed by atoms with Crippen LogP contribution in [-0.4, -0.2) is 36.1 Å². The minimum atomic E-state index is -0.626. The topological polar surface area (TPSA) is 81.7 Å². The first-order valence-corrected chi connectivity index (χ1v) is 8.86.